The second-order valence-corrected chi connectivity index (χ2v) is 6.07. The Morgan fingerprint density at radius 1 is 0.577 bits per heavy atom. The zero-order valence-corrected chi connectivity index (χ0v) is 14.3. The third kappa shape index (κ3) is 2.92. The van der Waals surface area contributed by atoms with Crippen molar-refractivity contribution in [2.24, 2.45) is 0 Å². The highest BCUT2D eigenvalue weighted by Crippen LogP contribution is 2.41. The van der Waals surface area contributed by atoms with Gasteiger partial charge in [0.2, 0.25) is 0 Å². The second kappa shape index (κ2) is 7.13. The van der Waals surface area contributed by atoms with E-state index in [2.05, 4.69) is 72.7 Å². The number of hydrogen-bond acceptors (Lipinski definition) is 0. The summed E-state index contributed by atoms with van der Waals surface area (Å²) in [7, 11) is 0. The van der Waals surface area contributed by atoms with Crippen LogP contribution in [0, 0.1) is 18.4 Å². The van der Waals surface area contributed by atoms with Crippen LogP contribution in [0.15, 0.2) is 97.1 Å². The molecule has 26 heavy (non-hydrogen) atoms. The van der Waals surface area contributed by atoms with Crippen LogP contribution in [0.5, 0.6) is 0 Å². The van der Waals surface area contributed by atoms with Gasteiger partial charge in [-0.1, -0.05) is 96.9 Å². The minimum absolute atomic E-state index is 0.787. The largest absolute Gasteiger partial charge is 0.115 e. The van der Waals surface area contributed by atoms with Crippen LogP contribution in [0.3, 0.4) is 0 Å². The van der Waals surface area contributed by atoms with E-state index in [1.807, 2.05) is 36.4 Å². The van der Waals surface area contributed by atoms with Gasteiger partial charge in [-0.3, -0.25) is 0 Å². The van der Waals surface area contributed by atoms with Crippen LogP contribution in [-0.2, 0) is 0 Å². The Morgan fingerprint density at radius 3 is 1.54 bits per heavy atom. The molecule has 121 valence electrons. The van der Waals surface area contributed by atoms with E-state index in [0.717, 1.165) is 38.9 Å². The van der Waals surface area contributed by atoms with Gasteiger partial charge in [-0.15, -0.1) is 6.42 Å². The lowest BCUT2D eigenvalue weighted by molar-refractivity contribution is 1.53. The predicted octanol–water partition coefficient (Wildman–Crippen LogP) is 6.47. The van der Waals surface area contributed by atoms with Crippen molar-refractivity contribution < 1.29 is 0 Å². The average Bonchev–Trinajstić information content (AvgIpc) is 2.74. The van der Waals surface area contributed by atoms with Crippen LogP contribution in [0.4, 0.5) is 0 Å². The Hall–Kier alpha value is -3.56. The van der Waals surface area contributed by atoms with Gasteiger partial charge in [-0.05, 0) is 39.9 Å². The molecule has 1 radical (unpaired) electrons. The minimum Gasteiger partial charge on any atom is -0.115 e. The van der Waals surface area contributed by atoms with Gasteiger partial charge in [-0.2, -0.15) is 0 Å². The molecule has 0 heteroatoms. The van der Waals surface area contributed by atoms with Crippen LogP contribution in [0.25, 0.3) is 33.4 Å². The maximum absolute atomic E-state index is 5.84. The first-order valence-corrected chi connectivity index (χ1v) is 8.60. The number of hydrogen-bond donors (Lipinski definition) is 0. The Kier molecular flexibility index (Phi) is 4.37. The molecule has 0 aliphatic heterocycles. The van der Waals surface area contributed by atoms with Gasteiger partial charge in [-0.25, -0.2) is 0 Å². The quantitative estimate of drug-likeness (QED) is 0.378. The summed E-state index contributed by atoms with van der Waals surface area (Å²) in [6, 6.07) is 36.5. The molecule has 0 amide bonds. The molecule has 0 aliphatic carbocycles. The number of rotatable bonds is 3. The summed E-state index contributed by atoms with van der Waals surface area (Å²) in [6.07, 6.45) is 5.84. The topological polar surface area (TPSA) is 0 Å². The first-order chi connectivity index (χ1) is 12.9. The normalized spacial score (nSPS) is 10.3. The smallest absolute Gasteiger partial charge is 0.0406 e. The highest BCUT2D eigenvalue weighted by molar-refractivity contribution is 5.96. The zero-order valence-electron chi connectivity index (χ0n) is 14.3. The number of benzene rings is 4. The second-order valence-electron chi connectivity index (χ2n) is 6.07. The molecule has 0 saturated heterocycles. The van der Waals surface area contributed by atoms with Crippen LogP contribution < -0.4 is 0 Å². The maximum Gasteiger partial charge on any atom is 0.0406 e. The lowest BCUT2D eigenvalue weighted by Crippen LogP contribution is -1.94. The average molecular weight is 329 g/mol. The molecule has 0 heterocycles. The molecule has 0 saturated carbocycles. The lowest BCUT2D eigenvalue weighted by Gasteiger charge is -2.18. The summed E-state index contributed by atoms with van der Waals surface area (Å²) in [5.74, 6) is 2.83. The first-order valence-electron chi connectivity index (χ1n) is 8.60. The number of terminal acetylenes is 1. The van der Waals surface area contributed by atoms with Crippen LogP contribution in [0.2, 0.25) is 0 Å². The Labute approximate surface area is 154 Å². The summed E-state index contributed by atoms with van der Waals surface area (Å²) >= 11 is 0. The van der Waals surface area contributed by atoms with Gasteiger partial charge in [0.25, 0.3) is 0 Å². The van der Waals surface area contributed by atoms with Crippen LogP contribution >= 0.6 is 0 Å². The molecule has 0 spiro atoms. The van der Waals surface area contributed by atoms with Gasteiger partial charge < -0.3 is 0 Å². The third-order valence-electron chi connectivity index (χ3n) is 4.48. The molecule has 0 bridgehead atoms. The van der Waals surface area contributed by atoms with Crippen molar-refractivity contribution in [3.63, 3.8) is 0 Å². The SMILES string of the molecule is C#Cc1[c]cc(-c2ccccc2)c(-c2ccccc2)c1-c1ccccc1. The summed E-state index contributed by atoms with van der Waals surface area (Å²) in [6.45, 7) is 0. The van der Waals surface area contributed by atoms with E-state index in [4.69, 9.17) is 6.42 Å². The van der Waals surface area contributed by atoms with Gasteiger partial charge >= 0.3 is 0 Å². The van der Waals surface area contributed by atoms with Gasteiger partial charge in [0.1, 0.15) is 0 Å². The fourth-order valence-corrected chi connectivity index (χ4v) is 3.31. The molecule has 4 aromatic carbocycles. The van der Waals surface area contributed by atoms with Crippen molar-refractivity contribution in [3.8, 4) is 45.7 Å². The maximum atomic E-state index is 5.84. The van der Waals surface area contributed by atoms with Gasteiger partial charge in [0, 0.05) is 11.1 Å². The van der Waals surface area contributed by atoms with Crippen molar-refractivity contribution in [1.29, 1.82) is 0 Å². The first kappa shape index (κ1) is 15.9. The standard InChI is InChI=1S/C26H17/c1-2-20-18-19-24(21-12-6-3-7-13-21)26(23-16-10-5-11-17-23)25(20)22-14-8-4-9-15-22/h1,3-17,19H. The zero-order chi connectivity index (χ0) is 17.8. The molecule has 0 aliphatic rings. The molecule has 0 N–H and O–H groups in total. The minimum atomic E-state index is 0.787. The third-order valence-corrected chi connectivity index (χ3v) is 4.48. The Balaban J connectivity index is 2.11. The van der Waals surface area contributed by atoms with E-state index in [9.17, 15) is 0 Å². The summed E-state index contributed by atoms with van der Waals surface area (Å²) < 4.78 is 0. The molecular formula is C26H17. The van der Waals surface area contributed by atoms with E-state index in [0.29, 0.717) is 0 Å². The van der Waals surface area contributed by atoms with Crippen molar-refractivity contribution in [2.75, 3.05) is 0 Å². The summed E-state index contributed by atoms with van der Waals surface area (Å²) in [4.78, 5) is 0. The van der Waals surface area contributed by atoms with E-state index in [-0.39, 0.29) is 0 Å². The molecule has 4 aromatic rings. The van der Waals surface area contributed by atoms with Crippen LogP contribution in [0.1, 0.15) is 5.56 Å². The highest BCUT2D eigenvalue weighted by atomic mass is 14.2. The van der Waals surface area contributed by atoms with E-state index in [1.54, 1.807) is 0 Å². The predicted molar refractivity (Wildman–Crippen MR) is 110 cm³/mol. The molecule has 0 nitrogen and oxygen atoms in total. The van der Waals surface area contributed by atoms with Crippen LogP contribution in [-0.4, -0.2) is 0 Å². The molecule has 0 aromatic heterocycles. The van der Waals surface area contributed by atoms with Gasteiger partial charge in [0.05, 0.1) is 0 Å². The van der Waals surface area contributed by atoms with E-state index >= 15 is 0 Å². The monoisotopic (exact) mass is 329 g/mol. The fraction of sp³-hybridized carbons (Fsp3) is 0. The van der Waals surface area contributed by atoms with Gasteiger partial charge in [0.15, 0.2) is 0 Å². The van der Waals surface area contributed by atoms with Crippen molar-refractivity contribution in [3.05, 3.63) is 109 Å². The van der Waals surface area contributed by atoms with Crippen molar-refractivity contribution in [2.45, 2.75) is 0 Å². The lowest BCUT2D eigenvalue weighted by atomic mass is 9.85. The van der Waals surface area contributed by atoms with E-state index < -0.39 is 0 Å². The molecule has 0 atom stereocenters. The molecule has 0 unspecified atom stereocenters. The highest BCUT2D eigenvalue weighted by Gasteiger charge is 2.17. The summed E-state index contributed by atoms with van der Waals surface area (Å²) in [5.41, 5.74) is 7.53. The Bertz CT molecular complexity index is 1050. The van der Waals surface area contributed by atoms with E-state index in [1.165, 1.54) is 0 Å². The molecule has 0 fully saturated rings. The van der Waals surface area contributed by atoms with Crippen molar-refractivity contribution in [1.82, 2.24) is 0 Å². The molecular weight excluding hydrogens is 312 g/mol. The summed E-state index contributed by atoms with van der Waals surface area (Å²) in [5, 5.41) is 0. The molecule has 4 rings (SSSR count). The fourth-order valence-electron chi connectivity index (χ4n) is 3.31. The Morgan fingerprint density at radius 2 is 1.04 bits per heavy atom. The van der Waals surface area contributed by atoms with Crippen molar-refractivity contribution >= 4 is 0 Å².